The van der Waals surface area contributed by atoms with Crippen molar-refractivity contribution >= 4 is 51.5 Å². The highest BCUT2D eigenvalue weighted by Crippen LogP contribution is 2.41. The largest absolute Gasteiger partial charge is 0.280 e. The van der Waals surface area contributed by atoms with Crippen molar-refractivity contribution in [3.05, 3.63) is 101 Å². The number of carbonyl (C=O) groups is 2. The lowest BCUT2D eigenvalue weighted by Gasteiger charge is -2.32. The fourth-order valence-electron chi connectivity index (χ4n) is 3.59. The first-order chi connectivity index (χ1) is 16.5. The van der Waals surface area contributed by atoms with Gasteiger partial charge in [0.15, 0.2) is 5.17 Å². The standard InChI is InChI=1S/C23H16N6O4S/c30-20-23(34-22(26-25-20)24-16-7-3-1-4-8-16)19(15-11-13-18(14-12-15)29(32)33)27-28(21(23)31)17-9-5-2-6-10-17/h1-14H,(H,24,26)(H,25,30). The number of amides is 2. The fourth-order valence-corrected chi connectivity index (χ4v) is 4.71. The molecule has 2 heterocycles. The van der Waals surface area contributed by atoms with Crippen molar-refractivity contribution in [3.8, 4) is 0 Å². The zero-order valence-electron chi connectivity index (χ0n) is 17.4. The average Bonchev–Trinajstić information content (AvgIpc) is 3.15. The maximum atomic E-state index is 13.8. The van der Waals surface area contributed by atoms with E-state index in [2.05, 4.69) is 20.9 Å². The molecule has 2 N–H and O–H groups in total. The highest BCUT2D eigenvalue weighted by molar-refractivity contribution is 8.17. The van der Waals surface area contributed by atoms with Crippen LogP contribution in [0.1, 0.15) is 5.56 Å². The second-order valence-electron chi connectivity index (χ2n) is 7.32. The van der Waals surface area contributed by atoms with Gasteiger partial charge in [-0.3, -0.25) is 30.6 Å². The number of nitrogens with zero attached hydrogens (tertiary/aromatic N) is 4. The van der Waals surface area contributed by atoms with Gasteiger partial charge in [0.2, 0.25) is 4.75 Å². The van der Waals surface area contributed by atoms with Crippen LogP contribution in [0.15, 0.2) is 95.0 Å². The first-order valence-electron chi connectivity index (χ1n) is 10.1. The third-order valence-electron chi connectivity index (χ3n) is 5.22. The molecule has 1 spiro atoms. The Bertz CT molecular complexity index is 1340. The Morgan fingerprint density at radius 2 is 1.56 bits per heavy atom. The summed E-state index contributed by atoms with van der Waals surface area (Å²) in [5.74, 6) is -1.19. The Balaban J connectivity index is 1.63. The maximum Gasteiger partial charge on any atom is 0.280 e. The van der Waals surface area contributed by atoms with E-state index in [4.69, 9.17) is 0 Å². The first kappa shape index (κ1) is 21.3. The molecule has 3 aromatic carbocycles. The zero-order chi connectivity index (χ0) is 23.7. The zero-order valence-corrected chi connectivity index (χ0v) is 18.2. The number of para-hydroxylation sites is 2. The number of hydrazone groups is 1. The first-order valence-corrected chi connectivity index (χ1v) is 10.9. The molecule has 5 rings (SSSR count). The Morgan fingerprint density at radius 3 is 2.21 bits per heavy atom. The van der Waals surface area contributed by atoms with Crippen molar-refractivity contribution < 1.29 is 14.5 Å². The van der Waals surface area contributed by atoms with Crippen LogP contribution in [0.4, 0.5) is 17.1 Å². The lowest BCUT2D eigenvalue weighted by Crippen LogP contribution is -2.64. The second-order valence-corrected chi connectivity index (χ2v) is 8.52. The van der Waals surface area contributed by atoms with Gasteiger partial charge >= 0.3 is 0 Å². The Kier molecular flexibility index (Phi) is 5.30. The number of hydrazine groups is 1. The molecule has 0 aromatic heterocycles. The van der Waals surface area contributed by atoms with Crippen molar-refractivity contribution in [2.75, 3.05) is 5.01 Å². The number of hydrogen-bond acceptors (Lipinski definition) is 7. The molecule has 3 aromatic rings. The van der Waals surface area contributed by atoms with E-state index in [1.54, 1.807) is 42.5 Å². The van der Waals surface area contributed by atoms with Gasteiger partial charge in [0.1, 0.15) is 5.71 Å². The molecule has 1 saturated heterocycles. The molecule has 1 atom stereocenters. The molecular weight excluding hydrogens is 456 g/mol. The second kappa shape index (κ2) is 8.45. The van der Waals surface area contributed by atoms with E-state index in [0.29, 0.717) is 22.1 Å². The van der Waals surface area contributed by atoms with Gasteiger partial charge in [-0.25, -0.2) is 4.99 Å². The van der Waals surface area contributed by atoms with Crippen molar-refractivity contribution in [2.45, 2.75) is 4.75 Å². The van der Waals surface area contributed by atoms with Crippen molar-refractivity contribution in [2.24, 2.45) is 10.1 Å². The maximum absolute atomic E-state index is 13.8. The van der Waals surface area contributed by atoms with E-state index in [1.807, 2.05) is 18.2 Å². The van der Waals surface area contributed by atoms with E-state index in [9.17, 15) is 19.7 Å². The summed E-state index contributed by atoms with van der Waals surface area (Å²) >= 11 is 0.935. The van der Waals surface area contributed by atoms with Gasteiger partial charge in [-0.15, -0.1) is 0 Å². The summed E-state index contributed by atoms with van der Waals surface area (Å²) in [5.41, 5.74) is 6.83. The Hall–Kier alpha value is -4.51. The third-order valence-corrected chi connectivity index (χ3v) is 6.46. The van der Waals surface area contributed by atoms with E-state index in [0.717, 1.165) is 11.8 Å². The summed E-state index contributed by atoms with van der Waals surface area (Å²) in [5, 5.41) is 17.1. The number of nitro groups is 1. The molecule has 2 amide bonds. The topological polar surface area (TPSA) is 129 Å². The van der Waals surface area contributed by atoms with Crippen LogP contribution >= 0.6 is 11.8 Å². The number of rotatable bonds is 4. The number of aliphatic imine (C=N–C) groups is 1. The number of benzene rings is 3. The molecule has 2 aliphatic rings. The summed E-state index contributed by atoms with van der Waals surface area (Å²) in [6.45, 7) is 0. The average molecular weight is 472 g/mol. The van der Waals surface area contributed by atoms with Crippen LogP contribution in [0.2, 0.25) is 0 Å². The third kappa shape index (κ3) is 3.57. The van der Waals surface area contributed by atoms with E-state index < -0.39 is 21.5 Å². The molecule has 0 radical (unpaired) electrons. The van der Waals surface area contributed by atoms with Gasteiger partial charge < -0.3 is 0 Å². The minimum absolute atomic E-state index is 0.114. The summed E-state index contributed by atoms with van der Waals surface area (Å²) in [6.07, 6.45) is 0. The molecule has 11 heteroatoms. The molecular formula is C23H16N6O4S. The van der Waals surface area contributed by atoms with Gasteiger partial charge in [0, 0.05) is 17.7 Å². The van der Waals surface area contributed by atoms with Gasteiger partial charge in [0.25, 0.3) is 17.5 Å². The lowest BCUT2D eigenvalue weighted by molar-refractivity contribution is -0.384. The number of nitrogens with one attached hydrogen (secondary N) is 2. The number of amidine groups is 1. The Morgan fingerprint density at radius 1 is 0.912 bits per heavy atom. The Labute approximate surface area is 197 Å². The van der Waals surface area contributed by atoms with E-state index >= 15 is 0 Å². The van der Waals surface area contributed by atoms with Crippen LogP contribution < -0.4 is 15.9 Å². The van der Waals surface area contributed by atoms with Gasteiger partial charge in [-0.05, 0) is 36.4 Å². The molecule has 168 valence electrons. The number of non-ortho nitro benzene ring substituents is 1. The smallest absolute Gasteiger partial charge is 0.276 e. The highest BCUT2D eigenvalue weighted by atomic mass is 32.2. The normalized spacial score (nSPS) is 20.8. The quantitative estimate of drug-likeness (QED) is 0.341. The minimum Gasteiger partial charge on any atom is -0.276 e. The van der Waals surface area contributed by atoms with Crippen molar-refractivity contribution in [1.29, 1.82) is 0 Å². The summed E-state index contributed by atoms with van der Waals surface area (Å²) < 4.78 is -1.79. The SMILES string of the molecule is O=C1NNC(=Nc2ccccc2)SC12C(=O)N(c1ccccc1)N=C2c1ccc([N+](=O)[O-])cc1. The van der Waals surface area contributed by atoms with Crippen LogP contribution in [-0.2, 0) is 9.59 Å². The molecule has 2 aliphatic heterocycles. The molecule has 1 fully saturated rings. The molecule has 0 saturated carbocycles. The number of nitro benzene ring substituents is 1. The summed E-state index contributed by atoms with van der Waals surface area (Å²) in [6, 6.07) is 23.4. The molecule has 34 heavy (non-hydrogen) atoms. The molecule has 0 aliphatic carbocycles. The number of anilines is 1. The fraction of sp³-hybridized carbons (Fsp3) is 0.0435. The van der Waals surface area contributed by atoms with Crippen LogP contribution in [-0.4, -0.2) is 32.4 Å². The predicted molar refractivity (Wildman–Crippen MR) is 129 cm³/mol. The van der Waals surface area contributed by atoms with E-state index in [-0.39, 0.29) is 11.4 Å². The molecule has 10 nitrogen and oxygen atoms in total. The summed E-state index contributed by atoms with van der Waals surface area (Å²) in [4.78, 5) is 42.2. The number of hydrogen-bond donors (Lipinski definition) is 2. The van der Waals surface area contributed by atoms with E-state index in [1.165, 1.54) is 29.3 Å². The van der Waals surface area contributed by atoms with Gasteiger partial charge in [-0.2, -0.15) is 10.1 Å². The van der Waals surface area contributed by atoms with Crippen molar-refractivity contribution in [3.63, 3.8) is 0 Å². The number of thioether (sulfide) groups is 1. The summed E-state index contributed by atoms with van der Waals surface area (Å²) in [7, 11) is 0. The van der Waals surface area contributed by atoms with Crippen LogP contribution in [0.5, 0.6) is 0 Å². The monoisotopic (exact) mass is 472 g/mol. The number of carbonyl (C=O) groups excluding carboxylic acids is 2. The van der Waals surface area contributed by atoms with Crippen LogP contribution in [0.3, 0.4) is 0 Å². The molecule has 1 unspecified atom stereocenters. The predicted octanol–water partition coefficient (Wildman–Crippen LogP) is 3.14. The highest BCUT2D eigenvalue weighted by Gasteiger charge is 2.61. The van der Waals surface area contributed by atoms with Crippen molar-refractivity contribution in [1.82, 2.24) is 10.9 Å². The van der Waals surface area contributed by atoms with Gasteiger partial charge in [-0.1, -0.05) is 48.2 Å². The van der Waals surface area contributed by atoms with Gasteiger partial charge in [0.05, 0.1) is 16.3 Å². The lowest BCUT2D eigenvalue weighted by atomic mass is 9.94. The van der Waals surface area contributed by atoms with Crippen LogP contribution in [0.25, 0.3) is 0 Å². The minimum atomic E-state index is -1.79. The molecule has 0 bridgehead atoms. The van der Waals surface area contributed by atoms with Crippen LogP contribution in [0, 0.1) is 10.1 Å².